The van der Waals surface area contributed by atoms with Crippen LogP contribution in [0.5, 0.6) is 5.75 Å². The predicted molar refractivity (Wildman–Crippen MR) is 87.1 cm³/mol. The third-order valence-corrected chi connectivity index (χ3v) is 4.34. The lowest BCUT2D eigenvalue weighted by molar-refractivity contribution is 0.354. The summed E-state index contributed by atoms with van der Waals surface area (Å²) < 4.78 is 6.63. The highest BCUT2D eigenvalue weighted by Gasteiger charge is 2.17. The summed E-state index contributed by atoms with van der Waals surface area (Å²) >= 11 is 15.6. The molecule has 0 bridgehead atoms. The molecule has 0 unspecified atom stereocenters. The van der Waals surface area contributed by atoms with E-state index in [1.54, 1.807) is 0 Å². The van der Waals surface area contributed by atoms with Crippen molar-refractivity contribution in [1.29, 1.82) is 0 Å². The van der Waals surface area contributed by atoms with Crippen molar-refractivity contribution in [2.45, 2.75) is 13.0 Å². The van der Waals surface area contributed by atoms with Crippen LogP contribution in [0.25, 0.3) is 0 Å². The van der Waals surface area contributed by atoms with Crippen molar-refractivity contribution >= 4 is 44.8 Å². The number of hydrogen-bond donors (Lipinski definition) is 1. The van der Waals surface area contributed by atoms with Gasteiger partial charge >= 0.3 is 0 Å². The molecule has 3 rings (SSSR count). The van der Waals surface area contributed by atoms with Gasteiger partial charge in [0.2, 0.25) is 0 Å². The van der Waals surface area contributed by atoms with E-state index in [0.29, 0.717) is 11.6 Å². The van der Waals surface area contributed by atoms with E-state index >= 15 is 0 Å². The Morgan fingerprint density at radius 2 is 2.00 bits per heavy atom. The molecular formula is C15H12BrCl2NO. The summed E-state index contributed by atoms with van der Waals surface area (Å²) in [7, 11) is 0. The second kappa shape index (κ2) is 5.84. The Hall–Kier alpha value is -0.900. The van der Waals surface area contributed by atoms with Crippen LogP contribution in [0, 0.1) is 0 Å². The fourth-order valence-corrected chi connectivity index (χ4v) is 3.39. The van der Waals surface area contributed by atoms with Crippen LogP contribution < -0.4 is 10.1 Å². The average Bonchev–Trinajstić information content (AvgIpc) is 2.85. The lowest BCUT2D eigenvalue weighted by atomic mass is 10.1. The molecule has 1 N–H and O–H groups in total. The Balaban J connectivity index is 1.82. The standard InChI is InChI=1S/C15H12BrCl2NO/c16-13-7-11(17)1-2-14(13)19-8-10-6-12(18)5-9-3-4-20-15(9)10/h1-2,5-7,19H,3-4,8H2. The molecule has 0 spiro atoms. The zero-order valence-corrected chi connectivity index (χ0v) is 13.6. The molecule has 2 nitrogen and oxygen atoms in total. The second-order valence-electron chi connectivity index (χ2n) is 4.63. The predicted octanol–water partition coefficient (Wildman–Crippen LogP) is 5.30. The summed E-state index contributed by atoms with van der Waals surface area (Å²) in [5.74, 6) is 0.965. The first-order valence-electron chi connectivity index (χ1n) is 6.26. The van der Waals surface area contributed by atoms with Gasteiger partial charge in [-0.1, -0.05) is 23.2 Å². The average molecular weight is 373 g/mol. The van der Waals surface area contributed by atoms with Crippen molar-refractivity contribution in [2.75, 3.05) is 11.9 Å². The van der Waals surface area contributed by atoms with Crippen molar-refractivity contribution in [3.8, 4) is 5.75 Å². The molecule has 0 atom stereocenters. The largest absolute Gasteiger partial charge is 0.493 e. The highest BCUT2D eigenvalue weighted by atomic mass is 79.9. The number of halogens is 3. The van der Waals surface area contributed by atoms with Crippen molar-refractivity contribution in [2.24, 2.45) is 0 Å². The Kier molecular flexibility index (Phi) is 4.11. The molecule has 2 aromatic carbocycles. The summed E-state index contributed by atoms with van der Waals surface area (Å²) in [5.41, 5.74) is 3.25. The van der Waals surface area contributed by atoms with E-state index in [-0.39, 0.29) is 0 Å². The smallest absolute Gasteiger partial charge is 0.127 e. The minimum Gasteiger partial charge on any atom is -0.493 e. The van der Waals surface area contributed by atoms with Crippen LogP contribution in [-0.2, 0) is 13.0 Å². The fraction of sp³-hybridized carbons (Fsp3) is 0.200. The van der Waals surface area contributed by atoms with Crippen molar-refractivity contribution in [3.63, 3.8) is 0 Å². The van der Waals surface area contributed by atoms with E-state index in [9.17, 15) is 0 Å². The Bertz CT molecular complexity index is 661. The number of ether oxygens (including phenoxy) is 1. The van der Waals surface area contributed by atoms with Gasteiger partial charge in [0.05, 0.1) is 6.61 Å². The Morgan fingerprint density at radius 3 is 2.80 bits per heavy atom. The summed E-state index contributed by atoms with van der Waals surface area (Å²) in [5, 5.41) is 4.82. The van der Waals surface area contributed by atoms with Crippen molar-refractivity contribution in [1.82, 2.24) is 0 Å². The molecule has 1 aliphatic heterocycles. The van der Waals surface area contributed by atoms with Crippen LogP contribution in [0.4, 0.5) is 5.69 Å². The molecule has 2 aromatic rings. The summed E-state index contributed by atoms with van der Waals surface area (Å²) in [4.78, 5) is 0. The van der Waals surface area contributed by atoms with Crippen LogP contribution in [0.3, 0.4) is 0 Å². The molecule has 0 aromatic heterocycles. The van der Waals surface area contributed by atoms with Gasteiger partial charge in [-0.2, -0.15) is 0 Å². The zero-order valence-electron chi connectivity index (χ0n) is 10.6. The van der Waals surface area contributed by atoms with Gasteiger partial charge in [-0.15, -0.1) is 0 Å². The maximum absolute atomic E-state index is 6.15. The first-order chi connectivity index (χ1) is 9.63. The van der Waals surface area contributed by atoms with Gasteiger partial charge < -0.3 is 10.1 Å². The maximum atomic E-state index is 6.15. The summed E-state index contributed by atoms with van der Waals surface area (Å²) in [6.07, 6.45) is 0.924. The quantitative estimate of drug-likeness (QED) is 0.788. The number of hydrogen-bond acceptors (Lipinski definition) is 2. The van der Waals surface area contributed by atoms with E-state index < -0.39 is 0 Å². The number of rotatable bonds is 3. The number of fused-ring (bicyclic) bond motifs is 1. The number of anilines is 1. The minimum absolute atomic E-state index is 0.656. The molecular weight excluding hydrogens is 361 g/mol. The Labute approximate surface area is 136 Å². The minimum atomic E-state index is 0.656. The highest BCUT2D eigenvalue weighted by molar-refractivity contribution is 9.10. The van der Waals surface area contributed by atoms with Crippen molar-refractivity contribution < 1.29 is 4.74 Å². The molecule has 104 valence electrons. The molecule has 0 saturated heterocycles. The molecule has 1 aliphatic rings. The van der Waals surface area contributed by atoms with Gasteiger partial charge in [-0.25, -0.2) is 0 Å². The summed E-state index contributed by atoms with van der Waals surface area (Å²) in [6, 6.07) is 9.59. The maximum Gasteiger partial charge on any atom is 0.127 e. The number of benzene rings is 2. The topological polar surface area (TPSA) is 21.3 Å². The van der Waals surface area contributed by atoms with Crippen LogP contribution >= 0.6 is 39.1 Å². The van der Waals surface area contributed by atoms with Crippen LogP contribution in [-0.4, -0.2) is 6.61 Å². The zero-order chi connectivity index (χ0) is 14.1. The van der Waals surface area contributed by atoms with E-state index in [1.165, 1.54) is 5.56 Å². The van der Waals surface area contributed by atoms with E-state index in [0.717, 1.165) is 39.5 Å². The fourth-order valence-electron chi connectivity index (χ4n) is 2.30. The van der Waals surface area contributed by atoms with Crippen LogP contribution in [0.15, 0.2) is 34.8 Å². The molecule has 0 aliphatic carbocycles. The van der Waals surface area contributed by atoms with E-state index in [4.69, 9.17) is 27.9 Å². The van der Waals surface area contributed by atoms with Gasteiger partial charge in [0.1, 0.15) is 5.75 Å². The lowest BCUT2D eigenvalue weighted by Gasteiger charge is -2.12. The number of nitrogens with one attached hydrogen (secondary N) is 1. The van der Waals surface area contributed by atoms with Gasteiger partial charge in [0.25, 0.3) is 0 Å². The molecule has 0 radical (unpaired) electrons. The SMILES string of the molecule is Clc1ccc(NCc2cc(Cl)cc3c2OCC3)c(Br)c1. The van der Waals surface area contributed by atoms with Crippen LogP contribution in [0.2, 0.25) is 10.0 Å². The first-order valence-corrected chi connectivity index (χ1v) is 7.81. The second-order valence-corrected chi connectivity index (χ2v) is 6.36. The molecule has 1 heterocycles. The highest BCUT2D eigenvalue weighted by Crippen LogP contribution is 2.34. The molecule has 0 amide bonds. The molecule has 0 fully saturated rings. The van der Waals surface area contributed by atoms with E-state index in [2.05, 4.69) is 21.2 Å². The van der Waals surface area contributed by atoms with Gasteiger partial charge in [0, 0.05) is 38.7 Å². The van der Waals surface area contributed by atoms with Crippen LogP contribution in [0.1, 0.15) is 11.1 Å². The molecule has 5 heteroatoms. The summed E-state index contributed by atoms with van der Waals surface area (Å²) in [6.45, 7) is 1.39. The third-order valence-electron chi connectivity index (χ3n) is 3.23. The first kappa shape index (κ1) is 14.1. The van der Waals surface area contributed by atoms with E-state index in [1.807, 2.05) is 30.3 Å². The Morgan fingerprint density at radius 1 is 1.15 bits per heavy atom. The lowest BCUT2D eigenvalue weighted by Crippen LogP contribution is -2.02. The normalized spacial score (nSPS) is 12.9. The molecule has 20 heavy (non-hydrogen) atoms. The van der Waals surface area contributed by atoms with Crippen molar-refractivity contribution in [3.05, 3.63) is 56.0 Å². The van der Waals surface area contributed by atoms with Gasteiger partial charge in [-0.3, -0.25) is 0 Å². The van der Waals surface area contributed by atoms with Gasteiger partial charge in [-0.05, 0) is 51.8 Å². The van der Waals surface area contributed by atoms with Gasteiger partial charge in [0.15, 0.2) is 0 Å². The molecule has 0 saturated carbocycles. The monoisotopic (exact) mass is 371 g/mol. The third kappa shape index (κ3) is 2.90.